The van der Waals surface area contributed by atoms with Gasteiger partial charge in [0.2, 0.25) is 0 Å². The first-order valence-electron chi connectivity index (χ1n) is 11.8. The van der Waals surface area contributed by atoms with Crippen LogP contribution >= 0.6 is 0 Å². The Morgan fingerprint density at radius 2 is 1.42 bits per heavy atom. The molecule has 31 heavy (non-hydrogen) atoms. The van der Waals surface area contributed by atoms with E-state index in [0.717, 1.165) is 17.4 Å². The van der Waals surface area contributed by atoms with Gasteiger partial charge in [-0.05, 0) is 83.7 Å². The quantitative estimate of drug-likeness (QED) is 0.427. The van der Waals surface area contributed by atoms with Gasteiger partial charge in [0, 0.05) is 17.5 Å². The van der Waals surface area contributed by atoms with Gasteiger partial charge >= 0.3 is 0 Å². The Hall–Kier alpha value is -2.35. The fourth-order valence-electron chi connectivity index (χ4n) is 4.95. The summed E-state index contributed by atoms with van der Waals surface area (Å²) < 4.78 is 6.23. The zero-order valence-corrected chi connectivity index (χ0v) is 20.0. The summed E-state index contributed by atoms with van der Waals surface area (Å²) in [5.41, 5.74) is 3.11. The second kappa shape index (κ2) is 8.30. The van der Waals surface area contributed by atoms with Gasteiger partial charge in [-0.25, -0.2) is 0 Å². The van der Waals surface area contributed by atoms with E-state index in [1.165, 1.54) is 47.7 Å². The van der Waals surface area contributed by atoms with Gasteiger partial charge in [-0.1, -0.05) is 59.7 Å². The molecule has 2 nitrogen and oxygen atoms in total. The van der Waals surface area contributed by atoms with E-state index in [1.807, 2.05) is 6.20 Å². The highest BCUT2D eigenvalue weighted by Gasteiger charge is 2.31. The third-order valence-electron chi connectivity index (χ3n) is 7.06. The van der Waals surface area contributed by atoms with Gasteiger partial charge < -0.3 is 4.74 Å². The molecule has 3 aromatic rings. The van der Waals surface area contributed by atoms with Crippen LogP contribution in [0, 0.1) is 11.3 Å². The number of ether oxygens (including phenoxy) is 1. The van der Waals surface area contributed by atoms with Gasteiger partial charge in [0.15, 0.2) is 0 Å². The zero-order valence-electron chi connectivity index (χ0n) is 20.0. The van der Waals surface area contributed by atoms with Crippen LogP contribution in [0.15, 0.2) is 54.7 Å². The second-order valence-corrected chi connectivity index (χ2v) is 11.4. The van der Waals surface area contributed by atoms with Crippen molar-refractivity contribution in [3.8, 4) is 11.5 Å². The van der Waals surface area contributed by atoms with E-state index in [9.17, 15) is 0 Å². The minimum atomic E-state index is 0.147. The lowest BCUT2D eigenvalue weighted by Gasteiger charge is -2.37. The van der Waals surface area contributed by atoms with Crippen molar-refractivity contribution in [3.63, 3.8) is 0 Å². The molecular weight excluding hydrogens is 378 g/mol. The third-order valence-corrected chi connectivity index (χ3v) is 7.06. The molecule has 0 bridgehead atoms. The molecule has 2 heteroatoms. The van der Waals surface area contributed by atoms with Crippen molar-refractivity contribution < 1.29 is 4.74 Å². The highest BCUT2D eigenvalue weighted by molar-refractivity contribution is 5.86. The van der Waals surface area contributed by atoms with Crippen molar-refractivity contribution in [1.82, 2.24) is 4.98 Å². The van der Waals surface area contributed by atoms with E-state index < -0.39 is 0 Å². The van der Waals surface area contributed by atoms with Crippen molar-refractivity contribution in [2.75, 3.05) is 0 Å². The molecule has 1 aromatic heterocycles. The molecular formula is C29H37NO. The monoisotopic (exact) mass is 415 g/mol. The Labute approximate surface area is 188 Å². The minimum Gasteiger partial charge on any atom is -0.457 e. The van der Waals surface area contributed by atoms with Crippen LogP contribution in [0.3, 0.4) is 0 Å². The van der Waals surface area contributed by atoms with E-state index >= 15 is 0 Å². The molecule has 2 aromatic carbocycles. The number of nitrogens with zero attached hydrogens (tertiary/aromatic N) is 1. The molecule has 1 fully saturated rings. The molecule has 0 unspecified atom stereocenters. The number of fused-ring (bicyclic) bond motifs is 1. The van der Waals surface area contributed by atoms with Crippen molar-refractivity contribution in [1.29, 1.82) is 0 Å². The fourth-order valence-corrected chi connectivity index (χ4v) is 4.95. The van der Waals surface area contributed by atoms with Crippen LogP contribution in [-0.4, -0.2) is 4.98 Å². The summed E-state index contributed by atoms with van der Waals surface area (Å²) in [4.78, 5) is 4.85. The molecule has 0 aliphatic heterocycles. The first kappa shape index (κ1) is 21.9. The van der Waals surface area contributed by atoms with Crippen LogP contribution in [0.5, 0.6) is 11.5 Å². The van der Waals surface area contributed by atoms with Crippen LogP contribution in [-0.2, 0) is 5.41 Å². The molecule has 1 heterocycles. The summed E-state index contributed by atoms with van der Waals surface area (Å²) in [5.74, 6) is 3.12. The molecule has 0 amide bonds. The highest BCUT2D eigenvalue weighted by Crippen LogP contribution is 2.44. The highest BCUT2D eigenvalue weighted by atomic mass is 16.5. The maximum Gasteiger partial charge on any atom is 0.128 e. The maximum atomic E-state index is 6.23. The molecule has 1 saturated carbocycles. The minimum absolute atomic E-state index is 0.147. The predicted molar refractivity (Wildman–Crippen MR) is 131 cm³/mol. The van der Waals surface area contributed by atoms with E-state index in [4.69, 9.17) is 9.72 Å². The number of benzene rings is 2. The SMILES string of the molecule is CC(C)(C)c1ccc(Oc2ccc3ccnc(C4CCC(C(C)(C)C)CC4)c3c2)cc1. The Balaban J connectivity index is 1.56. The van der Waals surface area contributed by atoms with Crippen molar-refractivity contribution in [2.45, 2.75) is 78.6 Å². The van der Waals surface area contributed by atoms with Gasteiger partial charge in [0.1, 0.15) is 11.5 Å². The van der Waals surface area contributed by atoms with Crippen LogP contribution in [0.25, 0.3) is 10.8 Å². The van der Waals surface area contributed by atoms with Crippen molar-refractivity contribution >= 4 is 10.8 Å². The Morgan fingerprint density at radius 1 is 0.774 bits per heavy atom. The summed E-state index contributed by atoms with van der Waals surface area (Å²) >= 11 is 0. The lowest BCUT2D eigenvalue weighted by atomic mass is 9.69. The van der Waals surface area contributed by atoms with Gasteiger partial charge in [0.25, 0.3) is 0 Å². The maximum absolute atomic E-state index is 6.23. The molecule has 1 aliphatic rings. The lowest BCUT2D eigenvalue weighted by Crippen LogP contribution is -2.25. The van der Waals surface area contributed by atoms with Crippen molar-refractivity contribution in [2.24, 2.45) is 11.3 Å². The fraction of sp³-hybridized carbons (Fsp3) is 0.483. The molecule has 0 atom stereocenters. The lowest BCUT2D eigenvalue weighted by molar-refractivity contribution is 0.168. The smallest absolute Gasteiger partial charge is 0.128 e. The number of rotatable bonds is 3. The summed E-state index contributed by atoms with van der Waals surface area (Å²) in [6, 6.07) is 17.0. The average molecular weight is 416 g/mol. The normalized spacial score (nSPS) is 20.1. The van der Waals surface area contributed by atoms with Crippen LogP contribution < -0.4 is 4.74 Å². The Bertz CT molecular complexity index is 1030. The molecule has 0 saturated heterocycles. The van der Waals surface area contributed by atoms with Crippen LogP contribution in [0.1, 0.15) is 84.4 Å². The number of hydrogen-bond donors (Lipinski definition) is 0. The average Bonchev–Trinajstić information content (AvgIpc) is 2.72. The van der Waals surface area contributed by atoms with Crippen LogP contribution in [0.2, 0.25) is 0 Å². The van der Waals surface area contributed by atoms with E-state index in [-0.39, 0.29) is 5.41 Å². The summed E-state index contributed by atoms with van der Waals surface area (Å²) in [6.07, 6.45) is 7.02. The Kier molecular flexibility index (Phi) is 5.85. The largest absolute Gasteiger partial charge is 0.457 e. The third kappa shape index (κ3) is 4.95. The molecule has 164 valence electrons. The summed E-state index contributed by atoms with van der Waals surface area (Å²) in [6.45, 7) is 13.8. The number of aromatic nitrogens is 1. The first-order valence-corrected chi connectivity index (χ1v) is 11.8. The predicted octanol–water partition coefficient (Wildman–Crippen LogP) is 8.64. The van der Waals surface area contributed by atoms with Crippen LogP contribution in [0.4, 0.5) is 0 Å². The summed E-state index contributed by atoms with van der Waals surface area (Å²) in [5, 5.41) is 2.49. The summed E-state index contributed by atoms with van der Waals surface area (Å²) in [7, 11) is 0. The first-order chi connectivity index (χ1) is 14.6. The zero-order chi connectivity index (χ0) is 22.2. The number of pyridine rings is 1. The topological polar surface area (TPSA) is 22.1 Å². The molecule has 0 N–H and O–H groups in total. The Morgan fingerprint density at radius 3 is 2.03 bits per heavy atom. The van der Waals surface area contributed by atoms with Gasteiger partial charge in [0.05, 0.1) is 5.69 Å². The molecule has 1 aliphatic carbocycles. The van der Waals surface area contributed by atoms with Gasteiger partial charge in [-0.15, -0.1) is 0 Å². The van der Waals surface area contributed by atoms with Gasteiger partial charge in [-0.2, -0.15) is 0 Å². The second-order valence-electron chi connectivity index (χ2n) is 11.4. The van der Waals surface area contributed by atoms with Crippen molar-refractivity contribution in [3.05, 3.63) is 66.0 Å². The molecule has 4 rings (SSSR count). The van der Waals surface area contributed by atoms with E-state index in [2.05, 4.69) is 90.1 Å². The standard InChI is InChI=1S/C29H37NO/c1-28(2,3)22-10-7-21(8-11-22)27-26-19-25(14-9-20(26)17-18-30-27)31-24-15-12-23(13-16-24)29(4,5)6/h9,12-19,21-22H,7-8,10-11H2,1-6H3. The molecule has 0 radical (unpaired) electrons. The number of hydrogen-bond acceptors (Lipinski definition) is 2. The van der Waals surface area contributed by atoms with E-state index in [0.29, 0.717) is 11.3 Å². The van der Waals surface area contributed by atoms with Gasteiger partial charge in [-0.3, -0.25) is 4.98 Å². The molecule has 0 spiro atoms. The van der Waals surface area contributed by atoms with E-state index in [1.54, 1.807) is 0 Å².